The van der Waals surface area contributed by atoms with Crippen LogP contribution in [0.15, 0.2) is 24.7 Å². The van der Waals surface area contributed by atoms with Crippen LogP contribution in [0, 0.1) is 17.0 Å². The Balaban J connectivity index is 1.62. The van der Waals surface area contributed by atoms with E-state index in [4.69, 9.17) is 0 Å². The van der Waals surface area contributed by atoms with E-state index in [0.29, 0.717) is 38.0 Å². The van der Waals surface area contributed by atoms with Crippen molar-refractivity contribution in [2.24, 2.45) is 0 Å². The van der Waals surface area contributed by atoms with E-state index in [2.05, 4.69) is 15.0 Å². The molecular formula is C14H17N7O3. The Hall–Kier alpha value is -3.04. The minimum Gasteiger partial charge on any atom is -0.358 e. The molecule has 1 aliphatic rings. The number of amides is 1. The van der Waals surface area contributed by atoms with Crippen LogP contribution in [0.1, 0.15) is 5.82 Å². The summed E-state index contributed by atoms with van der Waals surface area (Å²) in [5.74, 6) is 0.766. The zero-order valence-electron chi connectivity index (χ0n) is 13.2. The van der Waals surface area contributed by atoms with Crippen LogP contribution >= 0.6 is 0 Å². The van der Waals surface area contributed by atoms with Crippen molar-refractivity contribution in [3.63, 3.8) is 0 Å². The molecule has 0 aliphatic carbocycles. The van der Waals surface area contributed by atoms with Crippen molar-refractivity contribution in [1.29, 1.82) is 0 Å². The van der Waals surface area contributed by atoms with E-state index in [-0.39, 0.29) is 18.3 Å². The second kappa shape index (κ2) is 6.60. The van der Waals surface area contributed by atoms with Gasteiger partial charge >= 0.3 is 5.82 Å². The molecule has 0 saturated carbocycles. The van der Waals surface area contributed by atoms with Crippen LogP contribution in [0.25, 0.3) is 0 Å². The summed E-state index contributed by atoms with van der Waals surface area (Å²) in [5.41, 5.74) is 0. The van der Waals surface area contributed by atoms with E-state index in [1.807, 2.05) is 4.90 Å². The van der Waals surface area contributed by atoms with E-state index >= 15 is 0 Å². The topological polar surface area (TPSA) is 110 Å². The molecule has 0 bridgehead atoms. The molecule has 0 radical (unpaired) electrons. The van der Waals surface area contributed by atoms with E-state index < -0.39 is 4.92 Å². The van der Waals surface area contributed by atoms with Crippen LogP contribution in [0.2, 0.25) is 0 Å². The number of nitrogens with zero attached hydrogens (tertiary/aromatic N) is 7. The van der Waals surface area contributed by atoms with Crippen molar-refractivity contribution in [1.82, 2.24) is 24.4 Å². The third-order valence-electron chi connectivity index (χ3n) is 3.98. The molecule has 10 nitrogen and oxygen atoms in total. The van der Waals surface area contributed by atoms with Gasteiger partial charge in [-0.3, -0.25) is 4.79 Å². The first-order valence-electron chi connectivity index (χ1n) is 7.52. The molecule has 2 aromatic heterocycles. The number of hydrogen-bond acceptors (Lipinski definition) is 7. The van der Waals surface area contributed by atoms with Crippen molar-refractivity contribution < 1.29 is 9.72 Å². The highest BCUT2D eigenvalue weighted by Gasteiger charge is 2.26. The van der Waals surface area contributed by atoms with Crippen LogP contribution in [0.5, 0.6) is 0 Å². The standard InChI is InChI=1S/C14H17N7O3/c1-11-17-9-12(21(23)24)20(11)10-13(22)18-5-7-19(8-6-18)14-15-3-2-4-16-14/h2-4,9H,5-8,10H2,1H3. The van der Waals surface area contributed by atoms with Crippen LogP contribution < -0.4 is 4.90 Å². The molecule has 3 heterocycles. The molecule has 1 fully saturated rings. The van der Waals surface area contributed by atoms with Gasteiger partial charge in [0.1, 0.15) is 6.20 Å². The fourth-order valence-electron chi connectivity index (χ4n) is 2.64. The molecule has 2 aromatic rings. The molecule has 3 rings (SSSR count). The SMILES string of the molecule is Cc1ncc([N+](=O)[O-])n1CC(=O)N1CCN(c2ncccn2)CC1. The Bertz CT molecular complexity index is 738. The molecule has 0 atom stereocenters. The van der Waals surface area contributed by atoms with Gasteiger partial charge in [-0.25, -0.2) is 19.5 Å². The molecule has 0 N–H and O–H groups in total. The van der Waals surface area contributed by atoms with Gasteiger partial charge in [0, 0.05) is 45.5 Å². The highest BCUT2D eigenvalue weighted by atomic mass is 16.6. The maximum Gasteiger partial charge on any atom is 0.343 e. The zero-order chi connectivity index (χ0) is 17.1. The first-order chi connectivity index (χ1) is 11.6. The van der Waals surface area contributed by atoms with Crippen molar-refractivity contribution in [3.05, 3.63) is 40.6 Å². The van der Waals surface area contributed by atoms with Gasteiger partial charge in [-0.15, -0.1) is 0 Å². The summed E-state index contributed by atoms with van der Waals surface area (Å²) < 4.78 is 1.33. The normalized spacial score (nSPS) is 14.7. The molecule has 10 heteroatoms. The number of piperazine rings is 1. The maximum atomic E-state index is 12.4. The number of carbonyl (C=O) groups excluding carboxylic acids is 1. The first kappa shape index (κ1) is 15.8. The smallest absolute Gasteiger partial charge is 0.343 e. The molecule has 126 valence electrons. The molecule has 0 aromatic carbocycles. The minimum absolute atomic E-state index is 0.0794. The molecule has 24 heavy (non-hydrogen) atoms. The summed E-state index contributed by atoms with van der Waals surface area (Å²) in [6, 6.07) is 1.75. The lowest BCUT2D eigenvalue weighted by Crippen LogP contribution is -2.50. The highest BCUT2D eigenvalue weighted by Crippen LogP contribution is 2.15. The molecule has 1 saturated heterocycles. The van der Waals surface area contributed by atoms with Gasteiger partial charge in [-0.1, -0.05) is 0 Å². The van der Waals surface area contributed by atoms with Gasteiger partial charge in [0.05, 0.1) is 0 Å². The number of rotatable bonds is 4. The number of aryl methyl sites for hydroxylation is 1. The average Bonchev–Trinajstić information content (AvgIpc) is 2.97. The molecule has 0 unspecified atom stereocenters. The van der Waals surface area contributed by atoms with Crippen molar-refractivity contribution in [2.45, 2.75) is 13.5 Å². The Kier molecular flexibility index (Phi) is 4.36. The van der Waals surface area contributed by atoms with E-state index in [1.165, 1.54) is 10.8 Å². The van der Waals surface area contributed by atoms with Crippen molar-refractivity contribution in [2.75, 3.05) is 31.1 Å². The van der Waals surface area contributed by atoms with Gasteiger partial charge in [0.15, 0.2) is 12.4 Å². The summed E-state index contributed by atoms with van der Waals surface area (Å²) in [4.78, 5) is 38.9. The minimum atomic E-state index is -0.530. The molecular weight excluding hydrogens is 314 g/mol. The van der Waals surface area contributed by atoms with Crippen LogP contribution in [-0.2, 0) is 11.3 Å². The summed E-state index contributed by atoms with van der Waals surface area (Å²) in [6.45, 7) is 3.87. The molecule has 1 amide bonds. The number of hydrogen-bond donors (Lipinski definition) is 0. The quantitative estimate of drug-likeness (QED) is 0.583. The number of anilines is 1. The summed E-state index contributed by atoms with van der Waals surface area (Å²) in [6.07, 6.45) is 4.54. The second-order valence-electron chi connectivity index (χ2n) is 5.42. The largest absolute Gasteiger partial charge is 0.358 e. The average molecular weight is 331 g/mol. The van der Waals surface area contributed by atoms with Gasteiger partial charge < -0.3 is 19.9 Å². The highest BCUT2D eigenvalue weighted by molar-refractivity contribution is 5.76. The number of nitro groups is 1. The predicted molar refractivity (Wildman–Crippen MR) is 84.4 cm³/mol. The van der Waals surface area contributed by atoms with Crippen molar-refractivity contribution in [3.8, 4) is 0 Å². The van der Waals surface area contributed by atoms with E-state index in [0.717, 1.165) is 0 Å². The monoisotopic (exact) mass is 331 g/mol. The second-order valence-corrected chi connectivity index (χ2v) is 5.42. The Morgan fingerprint density at radius 3 is 2.50 bits per heavy atom. The first-order valence-corrected chi connectivity index (χ1v) is 7.52. The Morgan fingerprint density at radius 1 is 1.21 bits per heavy atom. The predicted octanol–water partition coefficient (Wildman–Crippen LogP) is 0.239. The summed E-state index contributed by atoms with van der Waals surface area (Å²) in [7, 11) is 0. The van der Waals surface area contributed by atoms with E-state index in [9.17, 15) is 14.9 Å². The third-order valence-corrected chi connectivity index (χ3v) is 3.98. The Morgan fingerprint density at radius 2 is 1.88 bits per heavy atom. The van der Waals surface area contributed by atoms with Crippen LogP contribution in [0.3, 0.4) is 0 Å². The van der Waals surface area contributed by atoms with Gasteiger partial charge in [-0.05, 0) is 11.0 Å². The fourth-order valence-corrected chi connectivity index (χ4v) is 2.64. The van der Waals surface area contributed by atoms with Crippen LogP contribution in [-0.4, -0.2) is 61.4 Å². The lowest BCUT2D eigenvalue weighted by Gasteiger charge is -2.34. The lowest BCUT2D eigenvalue weighted by atomic mass is 10.3. The van der Waals surface area contributed by atoms with E-state index in [1.54, 1.807) is 30.3 Å². The molecule has 0 spiro atoms. The maximum absolute atomic E-state index is 12.4. The third kappa shape index (κ3) is 3.16. The van der Waals surface area contributed by atoms with Crippen LogP contribution in [0.4, 0.5) is 11.8 Å². The zero-order valence-corrected chi connectivity index (χ0v) is 13.2. The number of aromatic nitrogens is 4. The number of imidazole rings is 1. The Labute approximate surface area is 137 Å². The molecule has 1 aliphatic heterocycles. The van der Waals surface area contributed by atoms with Gasteiger partial charge in [0.2, 0.25) is 5.95 Å². The van der Waals surface area contributed by atoms with Gasteiger partial charge in [0.25, 0.3) is 5.91 Å². The van der Waals surface area contributed by atoms with Gasteiger partial charge in [-0.2, -0.15) is 0 Å². The number of carbonyl (C=O) groups is 1. The summed E-state index contributed by atoms with van der Waals surface area (Å²) in [5, 5.41) is 11.0. The van der Waals surface area contributed by atoms with Crippen molar-refractivity contribution >= 4 is 17.7 Å². The lowest BCUT2D eigenvalue weighted by molar-refractivity contribution is -0.392. The summed E-state index contributed by atoms with van der Waals surface area (Å²) >= 11 is 0. The fraction of sp³-hybridized carbons (Fsp3) is 0.429.